The average Bonchev–Trinajstić information content (AvgIpc) is 2.70. The minimum Gasteiger partial charge on any atom is -0.250 e. The largest absolute Gasteiger partial charge is 0.250 e. The number of aromatic nitrogens is 2. The molecule has 0 bridgehead atoms. The summed E-state index contributed by atoms with van der Waals surface area (Å²) in [6, 6.07) is 12.5. The van der Waals surface area contributed by atoms with Gasteiger partial charge in [0.05, 0.1) is 0 Å². The van der Waals surface area contributed by atoms with Crippen molar-refractivity contribution in [1.29, 1.82) is 0 Å². The zero-order chi connectivity index (χ0) is 18.3. The highest BCUT2D eigenvalue weighted by atomic mass is 15.0. The molecule has 0 aliphatic rings. The van der Waals surface area contributed by atoms with E-state index in [-0.39, 0.29) is 0 Å². The van der Waals surface area contributed by atoms with Crippen LogP contribution in [0, 0.1) is 0 Å². The van der Waals surface area contributed by atoms with E-state index in [1.54, 1.807) is 0 Å². The molecule has 0 aromatic carbocycles. The summed E-state index contributed by atoms with van der Waals surface area (Å²) in [5.41, 5.74) is 2.28. The topological polar surface area (TPSA) is 16.8 Å². The smallest absolute Gasteiger partial charge is 0.231 e. The molecule has 0 fully saturated rings. The zero-order valence-corrected chi connectivity index (χ0v) is 16.7. The summed E-state index contributed by atoms with van der Waals surface area (Å²) in [4.78, 5) is 4.50. The lowest BCUT2D eigenvalue weighted by Crippen LogP contribution is -2.35. The Morgan fingerprint density at radius 1 is 0.692 bits per heavy atom. The molecule has 0 aliphatic heterocycles. The van der Waals surface area contributed by atoms with Crippen molar-refractivity contribution in [2.24, 2.45) is 0 Å². The average molecular weight is 354 g/mol. The van der Waals surface area contributed by atoms with E-state index in [0.717, 1.165) is 12.2 Å². The molecule has 2 aromatic heterocycles. The van der Waals surface area contributed by atoms with Crippen molar-refractivity contribution >= 4 is 0 Å². The fraction of sp³-hybridized carbons (Fsp3) is 0.583. The van der Waals surface area contributed by atoms with Gasteiger partial charge in [0.25, 0.3) is 0 Å². The van der Waals surface area contributed by atoms with Crippen LogP contribution in [0.4, 0.5) is 0 Å². The molecule has 2 heterocycles. The van der Waals surface area contributed by atoms with Crippen LogP contribution in [-0.4, -0.2) is 4.98 Å². The fourth-order valence-corrected chi connectivity index (χ4v) is 3.54. The maximum atomic E-state index is 4.50. The molecule has 0 saturated heterocycles. The third kappa shape index (κ3) is 8.12. The number of rotatable bonds is 14. The SMILES string of the molecule is CCCCCCCCCCCCCC[n+]1ccccc1-c1ccccn1. The summed E-state index contributed by atoms with van der Waals surface area (Å²) in [5, 5.41) is 0. The number of hydrogen-bond donors (Lipinski definition) is 0. The molecule has 0 N–H and O–H groups in total. The summed E-state index contributed by atoms with van der Waals surface area (Å²) >= 11 is 0. The minimum absolute atomic E-state index is 1.06. The number of aryl methyl sites for hydroxylation is 1. The molecule has 0 amide bonds. The van der Waals surface area contributed by atoms with Crippen molar-refractivity contribution in [2.45, 2.75) is 90.5 Å². The molecule has 0 saturated carbocycles. The van der Waals surface area contributed by atoms with Gasteiger partial charge in [0.1, 0.15) is 12.2 Å². The molecular weight excluding hydrogens is 316 g/mol. The van der Waals surface area contributed by atoms with Crippen LogP contribution in [0.3, 0.4) is 0 Å². The zero-order valence-electron chi connectivity index (χ0n) is 16.7. The van der Waals surface area contributed by atoms with Gasteiger partial charge >= 0.3 is 0 Å². The lowest BCUT2D eigenvalue weighted by Gasteiger charge is -2.04. The van der Waals surface area contributed by atoms with E-state index in [2.05, 4.69) is 53.0 Å². The van der Waals surface area contributed by atoms with Crippen LogP contribution in [-0.2, 0) is 6.54 Å². The van der Waals surface area contributed by atoms with Crippen molar-refractivity contribution in [1.82, 2.24) is 4.98 Å². The lowest BCUT2D eigenvalue weighted by atomic mass is 10.1. The third-order valence-corrected chi connectivity index (χ3v) is 5.12. The summed E-state index contributed by atoms with van der Waals surface area (Å²) < 4.78 is 2.35. The maximum absolute atomic E-state index is 4.50. The molecule has 2 rings (SSSR count). The maximum Gasteiger partial charge on any atom is 0.231 e. The van der Waals surface area contributed by atoms with E-state index >= 15 is 0 Å². The van der Waals surface area contributed by atoms with E-state index in [9.17, 15) is 0 Å². The number of unbranched alkanes of at least 4 members (excludes halogenated alkanes) is 11. The first-order valence-corrected chi connectivity index (χ1v) is 10.8. The monoisotopic (exact) mass is 353 g/mol. The molecule has 0 atom stereocenters. The second-order valence-corrected chi connectivity index (χ2v) is 7.38. The molecule has 142 valence electrons. The lowest BCUT2D eigenvalue weighted by molar-refractivity contribution is -0.686. The number of nitrogens with zero attached hydrogens (tertiary/aromatic N) is 2. The standard InChI is InChI=1S/C24H37N2/c1-2-3-4-5-6-7-8-9-10-11-12-16-21-26-22-17-14-19-24(26)23-18-13-15-20-25-23/h13-15,17-20,22H,2-12,16,21H2,1H3/q+1. The predicted octanol–water partition coefficient (Wildman–Crippen LogP) is 6.74. The van der Waals surface area contributed by atoms with Crippen LogP contribution in [0.25, 0.3) is 11.4 Å². The Bertz CT molecular complexity index is 580. The van der Waals surface area contributed by atoms with E-state index in [1.165, 1.54) is 82.7 Å². The number of pyridine rings is 2. The third-order valence-electron chi connectivity index (χ3n) is 5.12. The molecule has 0 unspecified atom stereocenters. The van der Waals surface area contributed by atoms with Gasteiger partial charge in [-0.15, -0.1) is 0 Å². The normalized spacial score (nSPS) is 11.0. The van der Waals surface area contributed by atoms with Gasteiger partial charge in [0, 0.05) is 24.8 Å². The van der Waals surface area contributed by atoms with Gasteiger partial charge in [0.2, 0.25) is 5.69 Å². The highest BCUT2D eigenvalue weighted by Crippen LogP contribution is 2.13. The van der Waals surface area contributed by atoms with Gasteiger partial charge in [-0.05, 0) is 24.6 Å². The minimum atomic E-state index is 1.06. The van der Waals surface area contributed by atoms with Crippen molar-refractivity contribution in [3.8, 4) is 11.4 Å². The first-order chi connectivity index (χ1) is 12.9. The first-order valence-electron chi connectivity index (χ1n) is 10.8. The van der Waals surface area contributed by atoms with Gasteiger partial charge in [0.15, 0.2) is 6.20 Å². The summed E-state index contributed by atoms with van der Waals surface area (Å²) in [6.07, 6.45) is 20.8. The van der Waals surface area contributed by atoms with E-state index in [0.29, 0.717) is 0 Å². The van der Waals surface area contributed by atoms with E-state index < -0.39 is 0 Å². The van der Waals surface area contributed by atoms with Crippen LogP contribution >= 0.6 is 0 Å². The molecule has 0 aliphatic carbocycles. The van der Waals surface area contributed by atoms with E-state index in [1.807, 2.05) is 12.3 Å². The highest BCUT2D eigenvalue weighted by Gasteiger charge is 2.12. The van der Waals surface area contributed by atoms with Gasteiger partial charge < -0.3 is 0 Å². The van der Waals surface area contributed by atoms with Crippen LogP contribution < -0.4 is 4.57 Å². The molecular formula is C24H37N2+. The van der Waals surface area contributed by atoms with E-state index in [4.69, 9.17) is 0 Å². The highest BCUT2D eigenvalue weighted by molar-refractivity contribution is 5.49. The first kappa shape index (κ1) is 20.6. The molecule has 2 heteroatoms. The molecule has 26 heavy (non-hydrogen) atoms. The quantitative estimate of drug-likeness (QED) is 0.271. The summed E-state index contributed by atoms with van der Waals surface area (Å²) in [6.45, 7) is 3.37. The Morgan fingerprint density at radius 3 is 1.92 bits per heavy atom. The second kappa shape index (κ2) is 13.5. The van der Waals surface area contributed by atoms with Gasteiger partial charge in [-0.25, -0.2) is 4.98 Å². The van der Waals surface area contributed by atoms with Gasteiger partial charge in [-0.2, -0.15) is 4.57 Å². The molecule has 2 aromatic rings. The Kier molecular flexibility index (Phi) is 10.7. The summed E-state index contributed by atoms with van der Waals surface area (Å²) in [5.74, 6) is 0. The van der Waals surface area contributed by atoms with Crippen LogP contribution in [0.5, 0.6) is 0 Å². The number of hydrogen-bond acceptors (Lipinski definition) is 1. The Morgan fingerprint density at radius 2 is 1.31 bits per heavy atom. The second-order valence-electron chi connectivity index (χ2n) is 7.38. The van der Waals surface area contributed by atoms with Crippen molar-refractivity contribution in [3.05, 3.63) is 48.8 Å². The van der Waals surface area contributed by atoms with Crippen LogP contribution in [0.2, 0.25) is 0 Å². The van der Waals surface area contributed by atoms with Gasteiger partial charge in [-0.3, -0.25) is 0 Å². The van der Waals surface area contributed by atoms with Crippen molar-refractivity contribution in [3.63, 3.8) is 0 Å². The Labute approximate surface area is 160 Å². The summed E-state index contributed by atoms with van der Waals surface area (Å²) in [7, 11) is 0. The Hall–Kier alpha value is -1.70. The predicted molar refractivity (Wildman–Crippen MR) is 111 cm³/mol. The van der Waals surface area contributed by atoms with Crippen LogP contribution in [0.1, 0.15) is 84.0 Å². The van der Waals surface area contributed by atoms with Crippen molar-refractivity contribution < 1.29 is 4.57 Å². The van der Waals surface area contributed by atoms with Crippen molar-refractivity contribution in [2.75, 3.05) is 0 Å². The Balaban J connectivity index is 1.56. The van der Waals surface area contributed by atoms with Crippen LogP contribution in [0.15, 0.2) is 48.8 Å². The molecule has 0 spiro atoms. The molecule has 2 nitrogen and oxygen atoms in total. The molecule has 0 radical (unpaired) electrons. The fourth-order valence-electron chi connectivity index (χ4n) is 3.54. The van der Waals surface area contributed by atoms with Gasteiger partial charge in [-0.1, -0.05) is 77.2 Å².